The monoisotopic (exact) mass is 189 g/mol. The van der Waals surface area contributed by atoms with Crippen LogP contribution >= 0.6 is 0 Å². The van der Waals surface area contributed by atoms with E-state index in [4.69, 9.17) is 0 Å². The summed E-state index contributed by atoms with van der Waals surface area (Å²) in [5, 5.41) is 0. The number of rotatable bonds is 3. The third kappa shape index (κ3) is 2.65. The van der Waals surface area contributed by atoms with Crippen LogP contribution in [0.5, 0.6) is 5.75 Å². The van der Waals surface area contributed by atoms with E-state index >= 15 is 0 Å². The fraction of sp³-hybridized carbons (Fsp3) is 0.222. The van der Waals surface area contributed by atoms with Gasteiger partial charge < -0.3 is 4.74 Å². The molecule has 4 heteroatoms. The first-order chi connectivity index (χ1) is 6.02. The summed E-state index contributed by atoms with van der Waals surface area (Å²) in [6.07, 6.45) is -2.39. The second-order valence-corrected chi connectivity index (χ2v) is 2.59. The van der Waals surface area contributed by atoms with Crippen LogP contribution in [0.3, 0.4) is 0 Å². The van der Waals surface area contributed by atoms with Gasteiger partial charge in [-0.25, -0.2) is 0 Å². The molecule has 0 heterocycles. The molecule has 1 radical (unpaired) electrons. The van der Waals surface area contributed by atoms with Gasteiger partial charge in [0.1, 0.15) is 5.75 Å². The molecule has 1 aromatic rings. The van der Waals surface area contributed by atoms with Crippen molar-refractivity contribution in [3.8, 4) is 5.75 Å². The van der Waals surface area contributed by atoms with E-state index in [9.17, 15) is 13.2 Å². The Morgan fingerprint density at radius 2 is 1.77 bits per heavy atom. The molecule has 1 atom stereocenters. The number of benzene rings is 1. The Hall–Kier alpha value is -1.19. The van der Waals surface area contributed by atoms with Gasteiger partial charge in [-0.2, -0.15) is 13.2 Å². The van der Waals surface area contributed by atoms with Gasteiger partial charge in [-0.05, 0) is 12.1 Å². The molecule has 13 heavy (non-hydrogen) atoms. The van der Waals surface area contributed by atoms with Crippen molar-refractivity contribution < 1.29 is 17.9 Å². The van der Waals surface area contributed by atoms with Gasteiger partial charge in [-0.15, -0.1) is 0 Å². The van der Waals surface area contributed by atoms with E-state index in [0.717, 1.165) is 0 Å². The van der Waals surface area contributed by atoms with Crippen LogP contribution in [0.2, 0.25) is 0 Å². The predicted molar refractivity (Wildman–Crippen MR) is 42.0 cm³/mol. The third-order valence-electron chi connectivity index (χ3n) is 1.39. The normalized spacial score (nSPS) is 15.5. The molecule has 71 valence electrons. The molecule has 0 fully saturated rings. The third-order valence-corrected chi connectivity index (χ3v) is 1.39. The summed E-state index contributed by atoms with van der Waals surface area (Å²) in [5.74, 6) is -2.94. The Kier molecular flexibility index (Phi) is 2.80. The van der Waals surface area contributed by atoms with Crippen molar-refractivity contribution in [2.75, 3.05) is 0 Å². The van der Waals surface area contributed by atoms with Gasteiger partial charge in [-0.3, -0.25) is 0 Å². The van der Waals surface area contributed by atoms with Crippen molar-refractivity contribution in [1.82, 2.24) is 0 Å². The van der Waals surface area contributed by atoms with Crippen LogP contribution in [0.4, 0.5) is 13.2 Å². The van der Waals surface area contributed by atoms with Crippen LogP contribution in [0.1, 0.15) is 6.92 Å². The lowest BCUT2D eigenvalue weighted by atomic mass is 10.3. The molecule has 0 aliphatic heterocycles. The van der Waals surface area contributed by atoms with Gasteiger partial charge in [0.2, 0.25) is 0 Å². The molecular formula is C9H8F3O. The van der Waals surface area contributed by atoms with E-state index in [0.29, 0.717) is 6.92 Å². The summed E-state index contributed by atoms with van der Waals surface area (Å²) in [6.45, 7) is 0.662. The standard InChI is InChI=1S/C9H8F3O/c1-9(12,8(10)11)13-7-5-3-2-4-6-7/h2-6H,1H3. The second kappa shape index (κ2) is 3.68. The summed E-state index contributed by atoms with van der Waals surface area (Å²) in [4.78, 5) is 0. The topological polar surface area (TPSA) is 9.23 Å². The van der Waals surface area contributed by atoms with E-state index in [1.165, 1.54) is 12.1 Å². The largest absolute Gasteiger partial charge is 0.452 e. The number of para-hydroxylation sites is 1. The summed E-state index contributed by atoms with van der Waals surface area (Å²) in [7, 11) is 0. The summed E-state index contributed by atoms with van der Waals surface area (Å²) in [5.41, 5.74) is 0. The summed E-state index contributed by atoms with van der Waals surface area (Å²) >= 11 is 0. The predicted octanol–water partition coefficient (Wildman–Crippen LogP) is 3.18. The Morgan fingerprint density at radius 3 is 2.23 bits per heavy atom. The minimum atomic E-state index is -3.01. The molecule has 1 rings (SSSR count). The minimum absolute atomic E-state index is 0.0697. The van der Waals surface area contributed by atoms with E-state index in [-0.39, 0.29) is 5.75 Å². The van der Waals surface area contributed by atoms with Crippen LogP contribution in [0.15, 0.2) is 30.3 Å². The Bertz CT molecular complexity index is 259. The first-order valence-corrected chi connectivity index (χ1v) is 3.64. The van der Waals surface area contributed by atoms with Crippen LogP contribution in [-0.4, -0.2) is 5.85 Å². The van der Waals surface area contributed by atoms with Gasteiger partial charge in [0, 0.05) is 6.92 Å². The molecule has 0 aromatic heterocycles. The highest BCUT2D eigenvalue weighted by Gasteiger charge is 2.39. The molecule has 0 saturated heterocycles. The van der Waals surface area contributed by atoms with Gasteiger partial charge in [0.25, 0.3) is 0 Å². The molecule has 1 nitrogen and oxygen atoms in total. The highest BCUT2D eigenvalue weighted by molar-refractivity contribution is 5.22. The number of hydrogen-bond acceptors (Lipinski definition) is 1. The zero-order chi connectivity index (χ0) is 9.90. The lowest BCUT2D eigenvalue weighted by Gasteiger charge is -2.19. The maximum atomic E-state index is 12.9. The molecule has 0 aliphatic carbocycles. The van der Waals surface area contributed by atoms with Crippen molar-refractivity contribution in [2.24, 2.45) is 0 Å². The zero-order valence-electron chi connectivity index (χ0n) is 6.93. The van der Waals surface area contributed by atoms with Crippen LogP contribution in [-0.2, 0) is 0 Å². The van der Waals surface area contributed by atoms with Gasteiger partial charge in [-0.1, -0.05) is 18.2 Å². The Labute approximate surface area is 74.1 Å². The average molecular weight is 189 g/mol. The van der Waals surface area contributed by atoms with Crippen molar-refractivity contribution >= 4 is 0 Å². The first-order valence-electron chi connectivity index (χ1n) is 3.64. The highest BCUT2D eigenvalue weighted by Crippen LogP contribution is 2.29. The number of halogens is 3. The fourth-order valence-corrected chi connectivity index (χ4v) is 0.748. The molecule has 0 spiro atoms. The Balaban J connectivity index is 2.69. The first kappa shape index (κ1) is 9.89. The number of ether oxygens (including phenoxy) is 1. The highest BCUT2D eigenvalue weighted by atomic mass is 19.3. The van der Waals surface area contributed by atoms with Crippen molar-refractivity contribution in [2.45, 2.75) is 12.8 Å². The van der Waals surface area contributed by atoms with E-state index < -0.39 is 12.3 Å². The SMILES string of the molecule is CC(F)(Oc1ccccc1)[C](F)F. The molecule has 0 N–H and O–H groups in total. The van der Waals surface area contributed by atoms with E-state index in [1.54, 1.807) is 18.2 Å². The molecule has 0 aliphatic rings. The van der Waals surface area contributed by atoms with Crippen LogP contribution in [0, 0.1) is 6.43 Å². The van der Waals surface area contributed by atoms with Crippen molar-refractivity contribution in [1.29, 1.82) is 0 Å². The zero-order valence-corrected chi connectivity index (χ0v) is 6.93. The van der Waals surface area contributed by atoms with Crippen LogP contribution in [0.25, 0.3) is 0 Å². The van der Waals surface area contributed by atoms with E-state index in [1.807, 2.05) is 0 Å². The minimum Gasteiger partial charge on any atom is -0.452 e. The average Bonchev–Trinajstić information content (AvgIpc) is 2.05. The van der Waals surface area contributed by atoms with Gasteiger partial charge in [0.15, 0.2) is 0 Å². The lowest BCUT2D eigenvalue weighted by Crippen LogP contribution is -2.29. The quantitative estimate of drug-likeness (QED) is 0.709. The summed E-state index contributed by atoms with van der Waals surface area (Å²) in [6, 6.07) is 7.63. The van der Waals surface area contributed by atoms with Gasteiger partial charge >= 0.3 is 12.3 Å². The number of hydrogen-bond donors (Lipinski definition) is 0. The smallest absolute Gasteiger partial charge is 0.384 e. The number of alkyl halides is 1. The fourth-order valence-electron chi connectivity index (χ4n) is 0.748. The molecule has 1 unspecified atom stereocenters. The molecular weight excluding hydrogens is 181 g/mol. The van der Waals surface area contributed by atoms with Gasteiger partial charge in [0.05, 0.1) is 0 Å². The van der Waals surface area contributed by atoms with Crippen molar-refractivity contribution in [3.63, 3.8) is 0 Å². The molecule has 0 amide bonds. The second-order valence-electron chi connectivity index (χ2n) is 2.59. The maximum absolute atomic E-state index is 12.9. The molecule has 0 saturated carbocycles. The van der Waals surface area contributed by atoms with Crippen LogP contribution < -0.4 is 4.74 Å². The maximum Gasteiger partial charge on any atom is 0.384 e. The van der Waals surface area contributed by atoms with E-state index in [2.05, 4.69) is 4.74 Å². The Morgan fingerprint density at radius 1 is 1.23 bits per heavy atom. The van der Waals surface area contributed by atoms with Crippen molar-refractivity contribution in [3.05, 3.63) is 36.8 Å². The lowest BCUT2D eigenvalue weighted by molar-refractivity contribution is -0.0921. The summed E-state index contributed by atoms with van der Waals surface area (Å²) < 4.78 is 41.1. The molecule has 1 aromatic carbocycles. The molecule has 0 bridgehead atoms.